The van der Waals surface area contributed by atoms with E-state index in [-0.39, 0.29) is 5.91 Å². The number of carbonyl (C=O) groups excluding carboxylic acids is 1. The highest BCUT2D eigenvalue weighted by molar-refractivity contribution is 7.81. The van der Waals surface area contributed by atoms with Crippen molar-refractivity contribution < 1.29 is 4.79 Å². The van der Waals surface area contributed by atoms with E-state index in [4.69, 9.17) is 11.6 Å². The van der Waals surface area contributed by atoms with Crippen LogP contribution in [0.15, 0.2) is 24.3 Å². The Hall–Kier alpha value is -0.710. The first-order chi connectivity index (χ1) is 8.69. The van der Waals surface area contributed by atoms with Crippen molar-refractivity contribution >= 4 is 30.1 Å². The molecular weight excluding hydrogens is 268 g/mol. The van der Waals surface area contributed by atoms with Crippen LogP contribution in [0.25, 0.3) is 0 Å². The normalized spacial score (nSPS) is 16.9. The lowest BCUT2D eigenvalue weighted by Crippen LogP contribution is -2.48. The molecule has 1 saturated heterocycles. The molecule has 1 aliphatic rings. The molecule has 1 amide bonds. The average molecular weight is 285 g/mol. The van der Waals surface area contributed by atoms with Gasteiger partial charge in [0.25, 0.3) is 0 Å². The van der Waals surface area contributed by atoms with Gasteiger partial charge >= 0.3 is 0 Å². The van der Waals surface area contributed by atoms with Crippen LogP contribution in [-0.2, 0) is 11.3 Å². The van der Waals surface area contributed by atoms with Gasteiger partial charge in [-0.25, -0.2) is 0 Å². The van der Waals surface area contributed by atoms with Crippen LogP contribution < -0.4 is 0 Å². The predicted octanol–water partition coefficient (Wildman–Crippen LogP) is 1.91. The maximum absolute atomic E-state index is 11.5. The molecule has 18 heavy (non-hydrogen) atoms. The van der Waals surface area contributed by atoms with Gasteiger partial charge in [0.1, 0.15) is 0 Å². The van der Waals surface area contributed by atoms with E-state index < -0.39 is 0 Å². The van der Waals surface area contributed by atoms with Crippen molar-refractivity contribution in [2.24, 2.45) is 0 Å². The fourth-order valence-electron chi connectivity index (χ4n) is 2.15. The van der Waals surface area contributed by atoms with Crippen molar-refractivity contribution in [1.29, 1.82) is 0 Å². The second-order valence-corrected chi connectivity index (χ2v) is 5.20. The van der Waals surface area contributed by atoms with Gasteiger partial charge < -0.3 is 4.90 Å². The van der Waals surface area contributed by atoms with Crippen molar-refractivity contribution in [2.45, 2.75) is 6.54 Å². The summed E-state index contributed by atoms with van der Waals surface area (Å²) in [5.74, 6) is 0.426. The van der Waals surface area contributed by atoms with Gasteiger partial charge in [0.2, 0.25) is 5.91 Å². The highest BCUT2D eigenvalue weighted by atomic mass is 35.5. The summed E-state index contributed by atoms with van der Waals surface area (Å²) in [7, 11) is 0. The molecule has 3 nitrogen and oxygen atoms in total. The Morgan fingerprint density at radius 3 is 2.61 bits per heavy atom. The lowest BCUT2D eigenvalue weighted by molar-refractivity contribution is -0.130. The Kier molecular flexibility index (Phi) is 4.92. The molecule has 0 unspecified atom stereocenters. The summed E-state index contributed by atoms with van der Waals surface area (Å²) in [4.78, 5) is 15.7. The highest BCUT2D eigenvalue weighted by Crippen LogP contribution is 2.14. The Morgan fingerprint density at radius 2 is 2.00 bits per heavy atom. The van der Waals surface area contributed by atoms with E-state index >= 15 is 0 Å². The monoisotopic (exact) mass is 284 g/mol. The minimum Gasteiger partial charge on any atom is -0.339 e. The maximum atomic E-state index is 11.5. The van der Waals surface area contributed by atoms with Crippen LogP contribution in [0.5, 0.6) is 0 Å². The molecule has 2 rings (SSSR count). The van der Waals surface area contributed by atoms with Crippen molar-refractivity contribution in [3.8, 4) is 0 Å². The van der Waals surface area contributed by atoms with E-state index in [0.717, 1.165) is 37.7 Å². The van der Waals surface area contributed by atoms with Crippen molar-refractivity contribution in [3.05, 3.63) is 34.9 Å². The van der Waals surface area contributed by atoms with Crippen LogP contribution in [0.1, 0.15) is 5.56 Å². The fourth-order valence-corrected chi connectivity index (χ4v) is 2.56. The third kappa shape index (κ3) is 3.64. The van der Waals surface area contributed by atoms with Crippen molar-refractivity contribution in [1.82, 2.24) is 9.80 Å². The van der Waals surface area contributed by atoms with Crippen LogP contribution >= 0.6 is 24.2 Å². The molecule has 1 heterocycles. The molecule has 1 fully saturated rings. The molecule has 0 atom stereocenters. The quantitative estimate of drug-likeness (QED) is 0.857. The van der Waals surface area contributed by atoms with E-state index in [9.17, 15) is 4.79 Å². The third-order valence-electron chi connectivity index (χ3n) is 3.16. The van der Waals surface area contributed by atoms with Crippen LogP contribution in [0.3, 0.4) is 0 Å². The summed E-state index contributed by atoms with van der Waals surface area (Å²) in [6, 6.07) is 7.93. The third-order valence-corrected chi connectivity index (χ3v) is 3.66. The van der Waals surface area contributed by atoms with Crippen LogP contribution in [-0.4, -0.2) is 47.6 Å². The second kappa shape index (κ2) is 6.45. The Labute approximate surface area is 118 Å². The predicted molar refractivity (Wildman–Crippen MR) is 77.2 cm³/mol. The molecule has 0 aromatic heterocycles. The molecule has 1 aromatic carbocycles. The zero-order valence-electron chi connectivity index (χ0n) is 10.2. The molecular formula is C13H17ClN2OS. The van der Waals surface area contributed by atoms with E-state index in [1.165, 1.54) is 5.56 Å². The molecule has 1 aromatic rings. The minimum atomic E-state index is 0.126. The van der Waals surface area contributed by atoms with Gasteiger partial charge in [-0.2, -0.15) is 12.6 Å². The fraction of sp³-hybridized carbons (Fsp3) is 0.462. The summed E-state index contributed by atoms with van der Waals surface area (Å²) in [5.41, 5.74) is 1.22. The number of amides is 1. The SMILES string of the molecule is O=C(CS)N1CCN(Cc2cccc(Cl)c2)CC1. The molecule has 0 N–H and O–H groups in total. The number of hydrogen-bond donors (Lipinski definition) is 1. The van der Waals surface area contributed by atoms with Gasteiger partial charge in [-0.05, 0) is 17.7 Å². The standard InChI is InChI=1S/C13H17ClN2OS/c14-12-3-1-2-11(8-12)9-15-4-6-16(7-5-15)13(17)10-18/h1-3,8,18H,4-7,9-10H2. The summed E-state index contributed by atoms with van der Waals surface area (Å²) < 4.78 is 0. The summed E-state index contributed by atoms with van der Waals surface area (Å²) in [6.07, 6.45) is 0. The molecule has 5 heteroatoms. The van der Waals surface area contributed by atoms with Gasteiger partial charge in [0.05, 0.1) is 5.75 Å². The van der Waals surface area contributed by atoms with E-state index in [2.05, 4.69) is 23.6 Å². The number of carbonyl (C=O) groups is 1. The Bertz CT molecular complexity index is 419. The maximum Gasteiger partial charge on any atom is 0.232 e. The molecule has 0 radical (unpaired) electrons. The van der Waals surface area contributed by atoms with Gasteiger partial charge in [0.15, 0.2) is 0 Å². The highest BCUT2D eigenvalue weighted by Gasteiger charge is 2.19. The number of benzene rings is 1. The van der Waals surface area contributed by atoms with Crippen LogP contribution in [0.4, 0.5) is 0 Å². The number of piperazine rings is 1. The number of thiol groups is 1. The molecule has 0 saturated carbocycles. The second-order valence-electron chi connectivity index (χ2n) is 4.44. The lowest BCUT2D eigenvalue weighted by atomic mass is 10.2. The van der Waals surface area contributed by atoms with Gasteiger partial charge in [0, 0.05) is 37.7 Å². The largest absolute Gasteiger partial charge is 0.339 e. The number of halogens is 1. The molecule has 0 aliphatic carbocycles. The van der Waals surface area contributed by atoms with Gasteiger partial charge in [-0.1, -0.05) is 23.7 Å². The summed E-state index contributed by atoms with van der Waals surface area (Å²) >= 11 is 9.99. The molecule has 98 valence electrons. The Morgan fingerprint density at radius 1 is 1.28 bits per heavy atom. The smallest absolute Gasteiger partial charge is 0.232 e. The summed E-state index contributed by atoms with van der Waals surface area (Å²) in [5, 5.41) is 0.774. The van der Waals surface area contributed by atoms with E-state index in [1.807, 2.05) is 23.1 Å². The average Bonchev–Trinajstić information content (AvgIpc) is 2.39. The zero-order chi connectivity index (χ0) is 13.0. The number of rotatable bonds is 3. The number of hydrogen-bond acceptors (Lipinski definition) is 3. The van der Waals surface area contributed by atoms with Crippen LogP contribution in [0.2, 0.25) is 5.02 Å². The molecule has 0 bridgehead atoms. The van der Waals surface area contributed by atoms with Crippen LogP contribution in [0, 0.1) is 0 Å². The molecule has 1 aliphatic heterocycles. The molecule has 0 spiro atoms. The minimum absolute atomic E-state index is 0.126. The first kappa shape index (κ1) is 13.7. The Balaban J connectivity index is 1.85. The lowest BCUT2D eigenvalue weighted by Gasteiger charge is -2.34. The summed E-state index contributed by atoms with van der Waals surface area (Å²) in [6.45, 7) is 4.29. The van der Waals surface area contributed by atoms with Crippen molar-refractivity contribution in [3.63, 3.8) is 0 Å². The van der Waals surface area contributed by atoms with Crippen molar-refractivity contribution in [2.75, 3.05) is 31.9 Å². The van der Waals surface area contributed by atoms with Gasteiger partial charge in [-0.3, -0.25) is 9.69 Å². The van der Waals surface area contributed by atoms with E-state index in [1.54, 1.807) is 0 Å². The number of nitrogens with zero attached hydrogens (tertiary/aromatic N) is 2. The first-order valence-electron chi connectivity index (χ1n) is 6.04. The zero-order valence-corrected chi connectivity index (χ0v) is 11.8. The first-order valence-corrected chi connectivity index (χ1v) is 7.05. The van der Waals surface area contributed by atoms with E-state index in [0.29, 0.717) is 5.75 Å². The topological polar surface area (TPSA) is 23.6 Å². The van der Waals surface area contributed by atoms with Gasteiger partial charge in [-0.15, -0.1) is 0 Å².